The molecule has 1 amide bonds. The van der Waals surface area contributed by atoms with E-state index in [1.807, 2.05) is 30.3 Å². The molecule has 0 saturated carbocycles. The second-order valence-electron chi connectivity index (χ2n) is 5.09. The molecular weight excluding hydrogens is 409 g/mol. The van der Waals surface area contributed by atoms with Crippen LogP contribution in [0.25, 0.3) is 0 Å². The van der Waals surface area contributed by atoms with Gasteiger partial charge in [-0.25, -0.2) is 4.39 Å². The Morgan fingerprint density at radius 1 is 1.20 bits per heavy atom. The molecule has 0 bridgehead atoms. The van der Waals surface area contributed by atoms with Gasteiger partial charge in [-0.1, -0.05) is 58.0 Å². The molecule has 0 unspecified atom stereocenters. The van der Waals surface area contributed by atoms with Crippen LogP contribution in [0.2, 0.25) is 0 Å². The number of rotatable bonds is 6. The molecule has 0 radical (unpaired) electrons. The van der Waals surface area contributed by atoms with Gasteiger partial charge in [0, 0.05) is 4.47 Å². The number of anilines is 1. The van der Waals surface area contributed by atoms with Crippen LogP contribution in [0.5, 0.6) is 0 Å². The van der Waals surface area contributed by atoms with Gasteiger partial charge in [-0.3, -0.25) is 4.79 Å². The SMILES string of the molecule is O=C(CSc1nnc(Cc2ccccc2)o1)Nc1ccc(Br)cc1F. The first-order valence-corrected chi connectivity index (χ1v) is 9.12. The van der Waals surface area contributed by atoms with Gasteiger partial charge in [0.05, 0.1) is 17.9 Å². The predicted molar refractivity (Wildman–Crippen MR) is 97.0 cm³/mol. The summed E-state index contributed by atoms with van der Waals surface area (Å²) in [6.07, 6.45) is 0.532. The molecule has 5 nitrogen and oxygen atoms in total. The normalized spacial score (nSPS) is 10.6. The van der Waals surface area contributed by atoms with Gasteiger partial charge in [0.1, 0.15) is 5.82 Å². The monoisotopic (exact) mass is 421 g/mol. The summed E-state index contributed by atoms with van der Waals surface area (Å²) in [5.74, 6) is -0.333. The van der Waals surface area contributed by atoms with Gasteiger partial charge < -0.3 is 9.73 Å². The van der Waals surface area contributed by atoms with Crippen LogP contribution in [0, 0.1) is 5.82 Å². The summed E-state index contributed by atoms with van der Waals surface area (Å²) < 4.78 is 19.8. The van der Waals surface area contributed by atoms with Crippen molar-refractivity contribution in [3.63, 3.8) is 0 Å². The highest BCUT2D eigenvalue weighted by Crippen LogP contribution is 2.21. The summed E-state index contributed by atoms with van der Waals surface area (Å²) in [4.78, 5) is 11.9. The van der Waals surface area contributed by atoms with Crippen molar-refractivity contribution in [2.24, 2.45) is 0 Å². The third kappa shape index (κ3) is 5.14. The maximum absolute atomic E-state index is 13.7. The molecule has 0 aliphatic carbocycles. The molecule has 0 fully saturated rings. The van der Waals surface area contributed by atoms with Crippen LogP contribution in [0.4, 0.5) is 10.1 Å². The number of nitrogens with zero attached hydrogens (tertiary/aromatic N) is 2. The average molecular weight is 422 g/mol. The minimum atomic E-state index is -0.504. The molecular formula is C17H13BrFN3O2S. The third-order valence-corrected chi connectivity index (χ3v) is 4.49. The van der Waals surface area contributed by atoms with E-state index in [0.29, 0.717) is 22.0 Å². The number of hydrogen-bond donors (Lipinski definition) is 1. The Balaban J connectivity index is 1.52. The highest BCUT2D eigenvalue weighted by atomic mass is 79.9. The lowest BCUT2D eigenvalue weighted by Crippen LogP contribution is -2.15. The number of nitrogens with one attached hydrogen (secondary N) is 1. The summed E-state index contributed by atoms with van der Waals surface area (Å²) >= 11 is 4.27. The zero-order valence-corrected chi connectivity index (χ0v) is 15.3. The van der Waals surface area contributed by atoms with Gasteiger partial charge in [0.15, 0.2) is 0 Å². The van der Waals surface area contributed by atoms with Crippen molar-refractivity contribution < 1.29 is 13.6 Å². The van der Waals surface area contributed by atoms with Crippen LogP contribution in [0.15, 0.2) is 62.6 Å². The molecule has 0 atom stereocenters. The van der Waals surface area contributed by atoms with Crippen LogP contribution in [0.1, 0.15) is 11.5 Å². The second kappa shape index (κ2) is 8.26. The molecule has 1 N–H and O–H groups in total. The molecule has 1 heterocycles. The molecule has 25 heavy (non-hydrogen) atoms. The fourth-order valence-corrected chi connectivity index (χ4v) is 2.96. The van der Waals surface area contributed by atoms with Gasteiger partial charge in [-0.05, 0) is 23.8 Å². The predicted octanol–water partition coefficient (Wildman–Crippen LogP) is 4.29. The highest BCUT2D eigenvalue weighted by Gasteiger charge is 2.12. The van der Waals surface area contributed by atoms with E-state index >= 15 is 0 Å². The molecule has 3 rings (SSSR count). The Hall–Kier alpha value is -2.19. The van der Waals surface area contributed by atoms with E-state index in [1.54, 1.807) is 6.07 Å². The van der Waals surface area contributed by atoms with E-state index in [4.69, 9.17) is 4.42 Å². The average Bonchev–Trinajstić information content (AvgIpc) is 3.04. The first-order valence-electron chi connectivity index (χ1n) is 7.34. The lowest BCUT2D eigenvalue weighted by atomic mass is 10.2. The van der Waals surface area contributed by atoms with Crippen LogP contribution >= 0.6 is 27.7 Å². The zero-order chi connectivity index (χ0) is 17.6. The Morgan fingerprint density at radius 3 is 2.76 bits per heavy atom. The van der Waals surface area contributed by atoms with Gasteiger partial charge in [-0.2, -0.15) is 0 Å². The minimum absolute atomic E-state index is 0.0441. The molecule has 0 saturated heterocycles. The number of thioether (sulfide) groups is 1. The number of benzene rings is 2. The summed E-state index contributed by atoms with van der Waals surface area (Å²) in [6, 6.07) is 14.2. The van der Waals surface area contributed by atoms with Crippen molar-refractivity contribution in [3.8, 4) is 0 Å². The summed E-state index contributed by atoms with van der Waals surface area (Å²) in [7, 11) is 0. The first kappa shape index (κ1) is 17.6. The summed E-state index contributed by atoms with van der Waals surface area (Å²) in [5, 5.41) is 10.7. The smallest absolute Gasteiger partial charge is 0.277 e. The molecule has 2 aromatic carbocycles. The topological polar surface area (TPSA) is 68.0 Å². The van der Waals surface area contributed by atoms with Crippen molar-refractivity contribution in [1.82, 2.24) is 10.2 Å². The lowest BCUT2D eigenvalue weighted by molar-refractivity contribution is -0.113. The van der Waals surface area contributed by atoms with Crippen LogP contribution in [0.3, 0.4) is 0 Å². The number of aromatic nitrogens is 2. The van der Waals surface area contributed by atoms with Crippen LogP contribution in [-0.4, -0.2) is 21.9 Å². The van der Waals surface area contributed by atoms with Crippen molar-refractivity contribution >= 4 is 39.3 Å². The summed E-state index contributed by atoms with van der Waals surface area (Å²) in [6.45, 7) is 0. The van der Waals surface area contributed by atoms with Crippen LogP contribution < -0.4 is 5.32 Å². The second-order valence-corrected chi connectivity index (χ2v) is 6.93. The van der Waals surface area contributed by atoms with E-state index in [9.17, 15) is 9.18 Å². The Bertz CT molecular complexity index is 873. The Morgan fingerprint density at radius 2 is 2.00 bits per heavy atom. The van der Waals surface area contributed by atoms with E-state index in [2.05, 4.69) is 31.4 Å². The van der Waals surface area contributed by atoms with E-state index < -0.39 is 5.82 Å². The molecule has 0 aliphatic heterocycles. The molecule has 8 heteroatoms. The first-order chi connectivity index (χ1) is 12.1. The number of carbonyl (C=O) groups excluding carboxylic acids is 1. The standard InChI is InChI=1S/C17H13BrFN3O2S/c18-12-6-7-14(13(19)9-12)20-15(23)10-25-17-22-21-16(24-17)8-11-4-2-1-3-5-11/h1-7,9H,8,10H2,(H,20,23). The Kier molecular flexibility index (Phi) is 5.83. The number of halogens is 2. The largest absolute Gasteiger partial charge is 0.416 e. The third-order valence-electron chi connectivity index (χ3n) is 3.18. The molecule has 128 valence electrons. The van der Waals surface area contributed by atoms with Gasteiger partial charge in [-0.15, -0.1) is 10.2 Å². The summed E-state index contributed by atoms with van der Waals surface area (Å²) in [5.41, 5.74) is 1.19. The fraction of sp³-hybridized carbons (Fsp3) is 0.118. The molecule has 0 spiro atoms. The molecule has 0 aliphatic rings. The van der Waals surface area contributed by atoms with Gasteiger partial charge >= 0.3 is 0 Å². The maximum Gasteiger partial charge on any atom is 0.277 e. The van der Waals surface area contributed by atoms with E-state index in [0.717, 1.165) is 17.3 Å². The van der Waals surface area contributed by atoms with E-state index in [-0.39, 0.29) is 17.3 Å². The fourth-order valence-electron chi connectivity index (χ4n) is 2.04. The van der Waals surface area contributed by atoms with Crippen LogP contribution in [-0.2, 0) is 11.2 Å². The van der Waals surface area contributed by atoms with Gasteiger partial charge in [0.25, 0.3) is 5.22 Å². The molecule has 3 aromatic rings. The Labute approximate surface area is 156 Å². The number of carbonyl (C=O) groups is 1. The molecule has 1 aromatic heterocycles. The minimum Gasteiger partial charge on any atom is -0.416 e. The number of amides is 1. The highest BCUT2D eigenvalue weighted by molar-refractivity contribution is 9.10. The van der Waals surface area contributed by atoms with Crippen molar-refractivity contribution in [2.75, 3.05) is 11.1 Å². The maximum atomic E-state index is 13.7. The quantitative estimate of drug-likeness (QED) is 0.601. The van der Waals surface area contributed by atoms with Crippen molar-refractivity contribution in [2.45, 2.75) is 11.6 Å². The van der Waals surface area contributed by atoms with Gasteiger partial charge in [0.2, 0.25) is 11.8 Å². The van der Waals surface area contributed by atoms with Crippen molar-refractivity contribution in [3.05, 3.63) is 70.3 Å². The zero-order valence-electron chi connectivity index (χ0n) is 12.9. The van der Waals surface area contributed by atoms with E-state index in [1.165, 1.54) is 12.1 Å². The number of hydrogen-bond acceptors (Lipinski definition) is 5. The van der Waals surface area contributed by atoms with Crippen molar-refractivity contribution in [1.29, 1.82) is 0 Å². The lowest BCUT2D eigenvalue weighted by Gasteiger charge is -2.05.